The minimum absolute atomic E-state index is 0. The van der Waals surface area contributed by atoms with Gasteiger partial charge in [-0.1, -0.05) is 60.7 Å². The van der Waals surface area contributed by atoms with E-state index >= 15 is 0 Å². The molecule has 4 rings (SSSR count). The Hall–Kier alpha value is -4.06. The van der Waals surface area contributed by atoms with Gasteiger partial charge in [-0.25, -0.2) is 26.4 Å². The van der Waals surface area contributed by atoms with E-state index in [9.17, 15) is 26.4 Å². The molecule has 0 aliphatic carbocycles. The minimum Gasteiger partial charge on any atom is -0.478 e. The van der Waals surface area contributed by atoms with Crippen molar-refractivity contribution in [2.45, 2.75) is 9.79 Å². The Morgan fingerprint density at radius 1 is 0.487 bits per heavy atom. The van der Waals surface area contributed by atoms with Crippen molar-refractivity contribution < 1.29 is 56.1 Å². The quantitative estimate of drug-likeness (QED) is 0.211. The van der Waals surface area contributed by atoms with Gasteiger partial charge in [-0.3, -0.25) is 9.44 Å². The molecule has 0 heterocycles. The van der Waals surface area contributed by atoms with Gasteiger partial charge >= 0.3 is 11.9 Å². The Morgan fingerprint density at radius 2 is 0.769 bits per heavy atom. The number of carbonyl (C=O) groups is 2. The monoisotopic (exact) mass is 618 g/mol. The van der Waals surface area contributed by atoms with Crippen LogP contribution in [0.1, 0.15) is 20.7 Å². The number of rotatable bonds is 8. The van der Waals surface area contributed by atoms with E-state index in [1.165, 1.54) is 60.7 Å². The summed E-state index contributed by atoms with van der Waals surface area (Å²) in [6, 6.07) is 27.2. The molecule has 0 aromatic heterocycles. The van der Waals surface area contributed by atoms with Gasteiger partial charge in [0.05, 0.1) is 32.3 Å². The molecule has 0 unspecified atom stereocenters. The standard InChI is InChI=1S/2C13H11NO4S.Zn/c2*15-13(16)11-8-4-5-9-12(11)14-19(17,18)10-6-2-1-3-7-10;/h2*1-9,14H,(H,15,16);. The summed E-state index contributed by atoms with van der Waals surface area (Å²) >= 11 is 0. The predicted molar refractivity (Wildman–Crippen MR) is 141 cm³/mol. The van der Waals surface area contributed by atoms with E-state index in [1.807, 2.05) is 0 Å². The second-order valence-corrected chi connectivity index (χ2v) is 10.9. The molecule has 0 fully saturated rings. The van der Waals surface area contributed by atoms with Crippen molar-refractivity contribution in [3.05, 3.63) is 120 Å². The van der Waals surface area contributed by atoms with E-state index in [0.29, 0.717) is 0 Å². The molecule has 39 heavy (non-hydrogen) atoms. The van der Waals surface area contributed by atoms with Gasteiger partial charge in [-0.05, 0) is 48.5 Å². The fourth-order valence-electron chi connectivity index (χ4n) is 3.12. The van der Waals surface area contributed by atoms with Crippen molar-refractivity contribution in [2.24, 2.45) is 0 Å². The molecular formula is C26H22N2O8S2Zn. The van der Waals surface area contributed by atoms with Crippen molar-refractivity contribution in [2.75, 3.05) is 9.44 Å². The Morgan fingerprint density at radius 3 is 1.08 bits per heavy atom. The first-order chi connectivity index (χ1) is 18.0. The van der Waals surface area contributed by atoms with Crippen LogP contribution in [0.25, 0.3) is 0 Å². The van der Waals surface area contributed by atoms with Crippen LogP contribution in [0.15, 0.2) is 119 Å². The van der Waals surface area contributed by atoms with E-state index in [4.69, 9.17) is 10.2 Å². The van der Waals surface area contributed by atoms with Crippen LogP contribution in [0.2, 0.25) is 0 Å². The average molecular weight is 620 g/mol. The molecule has 198 valence electrons. The topological polar surface area (TPSA) is 167 Å². The number of para-hydroxylation sites is 2. The van der Waals surface area contributed by atoms with Crippen LogP contribution in [0.5, 0.6) is 0 Å². The van der Waals surface area contributed by atoms with Gasteiger partial charge < -0.3 is 10.2 Å². The van der Waals surface area contributed by atoms with E-state index in [1.54, 1.807) is 48.5 Å². The molecule has 10 nitrogen and oxygen atoms in total. The van der Waals surface area contributed by atoms with Crippen molar-refractivity contribution in [3.63, 3.8) is 0 Å². The third-order valence-corrected chi connectivity index (χ3v) is 7.67. The van der Waals surface area contributed by atoms with E-state index in [2.05, 4.69) is 9.44 Å². The van der Waals surface area contributed by atoms with Crippen LogP contribution in [-0.4, -0.2) is 39.0 Å². The van der Waals surface area contributed by atoms with Crippen molar-refractivity contribution >= 4 is 43.4 Å². The van der Waals surface area contributed by atoms with Gasteiger partial charge in [0.25, 0.3) is 20.0 Å². The van der Waals surface area contributed by atoms with Gasteiger partial charge in [0.15, 0.2) is 0 Å². The number of benzene rings is 4. The minimum atomic E-state index is -3.78. The molecule has 0 aliphatic rings. The Kier molecular flexibility index (Phi) is 10.9. The molecule has 0 aliphatic heterocycles. The zero-order chi connectivity index (χ0) is 27.8. The van der Waals surface area contributed by atoms with Crippen LogP contribution in [0.4, 0.5) is 11.4 Å². The number of nitrogens with one attached hydrogen (secondary N) is 2. The first-order valence-corrected chi connectivity index (χ1v) is 13.8. The van der Waals surface area contributed by atoms with Crippen LogP contribution < -0.4 is 9.44 Å². The smallest absolute Gasteiger partial charge is 0.337 e. The zero-order valence-electron chi connectivity index (χ0n) is 20.3. The molecule has 0 atom stereocenters. The number of anilines is 2. The van der Waals surface area contributed by atoms with E-state index in [-0.39, 0.29) is 51.8 Å². The van der Waals surface area contributed by atoms with Gasteiger partial charge in [0, 0.05) is 19.5 Å². The van der Waals surface area contributed by atoms with Gasteiger partial charge in [-0.2, -0.15) is 0 Å². The Bertz CT molecular complexity index is 1520. The van der Waals surface area contributed by atoms with Gasteiger partial charge in [0.1, 0.15) is 0 Å². The first kappa shape index (κ1) is 31.2. The molecule has 0 radical (unpaired) electrons. The molecule has 4 aromatic rings. The third kappa shape index (κ3) is 8.47. The molecule has 13 heteroatoms. The second kappa shape index (κ2) is 13.7. The molecule has 0 saturated carbocycles. The summed E-state index contributed by atoms with van der Waals surface area (Å²) < 4.78 is 52.8. The maximum absolute atomic E-state index is 12.1. The predicted octanol–water partition coefficient (Wildman–Crippen LogP) is 4.37. The Labute approximate surface area is 238 Å². The summed E-state index contributed by atoms with van der Waals surface area (Å²) in [5.74, 6) is -2.38. The van der Waals surface area contributed by atoms with Gasteiger partial charge in [0.2, 0.25) is 0 Å². The maximum atomic E-state index is 12.1. The van der Waals surface area contributed by atoms with Gasteiger partial charge in [-0.15, -0.1) is 0 Å². The summed E-state index contributed by atoms with van der Waals surface area (Å²) in [5.41, 5.74) is -0.110. The van der Waals surface area contributed by atoms with Crippen molar-refractivity contribution in [1.29, 1.82) is 0 Å². The molecular weight excluding hydrogens is 598 g/mol. The average Bonchev–Trinajstić information content (AvgIpc) is 2.90. The summed E-state index contributed by atoms with van der Waals surface area (Å²) in [6.45, 7) is 0. The third-order valence-electron chi connectivity index (χ3n) is 4.91. The fourth-order valence-corrected chi connectivity index (χ4v) is 5.33. The van der Waals surface area contributed by atoms with Crippen molar-refractivity contribution in [3.8, 4) is 0 Å². The molecule has 4 N–H and O–H groups in total. The number of hydrogen-bond acceptors (Lipinski definition) is 6. The second-order valence-electron chi connectivity index (χ2n) is 7.54. The first-order valence-electron chi connectivity index (χ1n) is 10.8. The van der Waals surface area contributed by atoms with Crippen LogP contribution in [0.3, 0.4) is 0 Å². The molecule has 0 spiro atoms. The molecule has 0 bridgehead atoms. The van der Waals surface area contributed by atoms with Crippen LogP contribution in [0, 0.1) is 0 Å². The molecule has 0 amide bonds. The molecule has 0 saturated heterocycles. The van der Waals surface area contributed by atoms with Crippen LogP contribution in [-0.2, 0) is 39.5 Å². The fraction of sp³-hybridized carbons (Fsp3) is 0. The normalized spacial score (nSPS) is 10.7. The number of carboxylic acids is 2. The summed E-state index contributed by atoms with van der Waals surface area (Å²) in [4.78, 5) is 22.2. The Balaban J connectivity index is 0.000000267. The number of hydrogen-bond donors (Lipinski definition) is 4. The van der Waals surface area contributed by atoms with E-state index in [0.717, 1.165) is 0 Å². The number of carboxylic acid groups (broad SMARTS) is 2. The van der Waals surface area contributed by atoms with Crippen LogP contribution >= 0.6 is 0 Å². The summed E-state index contributed by atoms with van der Waals surface area (Å²) in [5, 5.41) is 18.0. The molecule has 4 aromatic carbocycles. The van der Waals surface area contributed by atoms with Crippen molar-refractivity contribution in [1.82, 2.24) is 0 Å². The van der Waals surface area contributed by atoms with E-state index < -0.39 is 32.0 Å². The SMILES string of the molecule is O=C(O)c1ccccc1NS(=O)(=O)c1ccccc1.O=C(O)c1ccccc1NS(=O)(=O)c1ccccc1.[Zn]. The number of aromatic carboxylic acids is 2. The summed E-state index contributed by atoms with van der Waals surface area (Å²) in [7, 11) is -7.57. The maximum Gasteiger partial charge on any atom is 0.337 e. The largest absolute Gasteiger partial charge is 0.478 e. The summed E-state index contributed by atoms with van der Waals surface area (Å²) in [6.07, 6.45) is 0. The number of sulfonamides is 2. The zero-order valence-corrected chi connectivity index (χ0v) is 24.9.